The van der Waals surface area contributed by atoms with E-state index < -0.39 is 23.5 Å². The number of aromatic nitrogens is 1. The van der Waals surface area contributed by atoms with Crippen molar-refractivity contribution < 1.29 is 23.9 Å². The van der Waals surface area contributed by atoms with Crippen LogP contribution in [0.3, 0.4) is 0 Å². The second-order valence-corrected chi connectivity index (χ2v) is 9.36. The fourth-order valence-corrected chi connectivity index (χ4v) is 3.40. The number of carbonyl (C=O) groups is 4. The van der Waals surface area contributed by atoms with Crippen molar-refractivity contribution in [2.45, 2.75) is 83.8 Å². The number of carbonyl (C=O) groups excluding carboxylic acids is 4. The third-order valence-electron chi connectivity index (χ3n) is 5.10. The number of rotatable bonds is 12. The molecule has 1 aliphatic heterocycles. The number of ether oxygens (including phenoxy) is 1. The van der Waals surface area contributed by atoms with Crippen molar-refractivity contribution in [3.63, 3.8) is 0 Å². The summed E-state index contributed by atoms with van der Waals surface area (Å²) in [6, 6.07) is 4.39. The molecule has 0 bridgehead atoms. The lowest BCUT2D eigenvalue weighted by atomic mass is 10.1. The van der Waals surface area contributed by atoms with Crippen LogP contribution in [0.1, 0.15) is 82.6 Å². The second-order valence-electron chi connectivity index (χ2n) is 9.36. The maximum atomic E-state index is 12.4. The van der Waals surface area contributed by atoms with Crippen molar-refractivity contribution in [1.29, 1.82) is 0 Å². The van der Waals surface area contributed by atoms with Crippen LogP contribution in [0.15, 0.2) is 18.2 Å². The summed E-state index contributed by atoms with van der Waals surface area (Å²) in [5.41, 5.74) is -0.258. The molecule has 1 saturated heterocycles. The smallest absolute Gasteiger partial charge is 0.407 e. The van der Waals surface area contributed by atoms with Crippen LogP contribution in [0.4, 0.5) is 10.6 Å². The molecule has 1 aliphatic rings. The van der Waals surface area contributed by atoms with Crippen molar-refractivity contribution in [1.82, 2.24) is 20.9 Å². The van der Waals surface area contributed by atoms with Crippen LogP contribution in [0, 0.1) is 0 Å². The van der Waals surface area contributed by atoms with Crippen molar-refractivity contribution >= 4 is 29.6 Å². The molecule has 1 aromatic rings. The highest BCUT2D eigenvalue weighted by Gasteiger charge is 2.28. The molecule has 10 nitrogen and oxygen atoms in total. The van der Waals surface area contributed by atoms with Crippen molar-refractivity contribution in [2.75, 3.05) is 18.4 Å². The molecule has 0 aromatic carbocycles. The number of amides is 4. The van der Waals surface area contributed by atoms with E-state index in [2.05, 4.69) is 26.3 Å². The Hall–Kier alpha value is -3.17. The normalized spacial score (nSPS) is 15.9. The first-order valence-electron chi connectivity index (χ1n) is 12.0. The van der Waals surface area contributed by atoms with Crippen molar-refractivity contribution in [3.05, 3.63) is 23.9 Å². The molecule has 1 aromatic heterocycles. The molecular weight excluding hydrogens is 438 g/mol. The van der Waals surface area contributed by atoms with Gasteiger partial charge in [0, 0.05) is 19.5 Å². The first-order valence-corrected chi connectivity index (χ1v) is 12.0. The van der Waals surface area contributed by atoms with Crippen LogP contribution in [0.5, 0.6) is 0 Å². The standard InChI is InChI=1S/C24H37N5O5/c1-24(2,3)34-23(33)26-16-9-7-5-4-6-8-15-25-19-12-10-11-17(27-19)21(31)28-18-13-14-20(30)29-22(18)32/h10-12,18H,4-9,13-16H2,1-3H3,(H,25,27)(H,26,33)(H,28,31)(H,29,30,32). The van der Waals surface area contributed by atoms with Crippen LogP contribution in [-0.2, 0) is 14.3 Å². The molecular formula is C24H37N5O5. The molecule has 2 heterocycles. The predicted molar refractivity (Wildman–Crippen MR) is 128 cm³/mol. The van der Waals surface area contributed by atoms with Crippen LogP contribution in [-0.4, -0.2) is 53.5 Å². The largest absolute Gasteiger partial charge is 0.444 e. The van der Waals surface area contributed by atoms with Gasteiger partial charge in [-0.05, 0) is 52.2 Å². The average molecular weight is 476 g/mol. The number of nitrogens with one attached hydrogen (secondary N) is 4. The average Bonchev–Trinajstić information content (AvgIpc) is 2.76. The van der Waals surface area contributed by atoms with Gasteiger partial charge in [-0.1, -0.05) is 31.7 Å². The van der Waals surface area contributed by atoms with Gasteiger partial charge in [0.15, 0.2) is 0 Å². The number of nitrogens with zero attached hydrogens (tertiary/aromatic N) is 1. The summed E-state index contributed by atoms with van der Waals surface area (Å²) in [5.74, 6) is -0.656. The molecule has 0 saturated carbocycles. The number of imide groups is 1. The van der Waals surface area contributed by atoms with E-state index >= 15 is 0 Å². The van der Waals surface area contributed by atoms with Gasteiger partial charge in [0.1, 0.15) is 23.2 Å². The minimum Gasteiger partial charge on any atom is -0.444 e. The Bertz CT molecular complexity index is 852. The van der Waals surface area contributed by atoms with Gasteiger partial charge in [0.25, 0.3) is 5.91 Å². The highest BCUT2D eigenvalue weighted by Crippen LogP contribution is 2.10. The number of piperidine rings is 1. The minimum absolute atomic E-state index is 0.203. The van der Waals surface area contributed by atoms with Gasteiger partial charge in [-0.3, -0.25) is 19.7 Å². The summed E-state index contributed by atoms with van der Waals surface area (Å²) in [4.78, 5) is 51.3. The van der Waals surface area contributed by atoms with Gasteiger partial charge < -0.3 is 20.7 Å². The lowest BCUT2D eigenvalue weighted by Crippen LogP contribution is -2.52. The zero-order valence-corrected chi connectivity index (χ0v) is 20.4. The Balaban J connectivity index is 1.56. The number of anilines is 1. The molecule has 1 unspecified atom stereocenters. The Morgan fingerprint density at radius 1 is 1.06 bits per heavy atom. The monoisotopic (exact) mass is 475 g/mol. The number of alkyl carbamates (subject to hydrolysis) is 1. The molecule has 1 atom stereocenters. The highest BCUT2D eigenvalue weighted by atomic mass is 16.6. The van der Waals surface area contributed by atoms with Gasteiger partial charge in [0.05, 0.1) is 0 Å². The Kier molecular flexibility index (Phi) is 10.8. The number of hydrogen-bond acceptors (Lipinski definition) is 7. The molecule has 4 amide bonds. The Morgan fingerprint density at radius 3 is 2.41 bits per heavy atom. The second kappa shape index (κ2) is 13.5. The topological polar surface area (TPSA) is 139 Å². The van der Waals surface area contributed by atoms with Gasteiger partial charge in [-0.25, -0.2) is 9.78 Å². The van der Waals surface area contributed by atoms with E-state index in [9.17, 15) is 19.2 Å². The fraction of sp³-hybridized carbons (Fsp3) is 0.625. The highest BCUT2D eigenvalue weighted by molar-refractivity contribution is 6.03. The summed E-state index contributed by atoms with van der Waals surface area (Å²) in [5, 5.41) is 10.8. The van der Waals surface area contributed by atoms with E-state index in [1.54, 1.807) is 18.2 Å². The fourth-order valence-electron chi connectivity index (χ4n) is 3.40. The molecule has 2 rings (SSSR count). The predicted octanol–water partition coefficient (Wildman–Crippen LogP) is 2.89. The van der Waals surface area contributed by atoms with Crippen LogP contribution in [0.2, 0.25) is 0 Å². The third kappa shape index (κ3) is 10.6. The molecule has 10 heteroatoms. The molecule has 0 aliphatic carbocycles. The Labute approximate surface area is 201 Å². The summed E-state index contributed by atoms with van der Waals surface area (Å²) in [7, 11) is 0. The first kappa shape index (κ1) is 27.1. The first-order chi connectivity index (χ1) is 16.1. The number of pyridine rings is 1. The molecule has 0 radical (unpaired) electrons. The van der Waals surface area contributed by atoms with E-state index in [4.69, 9.17) is 4.74 Å². The Morgan fingerprint density at radius 2 is 1.74 bits per heavy atom. The molecule has 0 spiro atoms. The lowest BCUT2D eigenvalue weighted by Gasteiger charge is -2.21. The van der Waals surface area contributed by atoms with E-state index in [1.165, 1.54) is 0 Å². The number of unbranched alkanes of at least 4 members (excludes halogenated alkanes) is 5. The van der Waals surface area contributed by atoms with Gasteiger partial charge in [-0.15, -0.1) is 0 Å². The van der Waals surface area contributed by atoms with Crippen LogP contribution in [0.25, 0.3) is 0 Å². The van der Waals surface area contributed by atoms with E-state index in [0.29, 0.717) is 12.4 Å². The lowest BCUT2D eigenvalue weighted by molar-refractivity contribution is -0.134. The number of hydrogen-bond donors (Lipinski definition) is 4. The molecule has 188 valence electrons. The van der Waals surface area contributed by atoms with Gasteiger partial charge in [-0.2, -0.15) is 0 Å². The molecule has 34 heavy (non-hydrogen) atoms. The maximum Gasteiger partial charge on any atom is 0.407 e. The van der Waals surface area contributed by atoms with E-state index in [0.717, 1.165) is 45.1 Å². The summed E-state index contributed by atoms with van der Waals surface area (Å²) < 4.78 is 5.20. The SMILES string of the molecule is CC(C)(C)OC(=O)NCCCCCCCCNc1cccc(C(=O)NC2CCC(=O)NC2=O)n1. The van der Waals surface area contributed by atoms with Crippen LogP contribution >= 0.6 is 0 Å². The summed E-state index contributed by atoms with van der Waals surface area (Å²) >= 11 is 0. The van der Waals surface area contributed by atoms with Crippen molar-refractivity contribution in [2.24, 2.45) is 0 Å². The quantitative estimate of drug-likeness (QED) is 0.269. The van der Waals surface area contributed by atoms with E-state index in [1.807, 2.05) is 20.8 Å². The van der Waals surface area contributed by atoms with Gasteiger partial charge in [0.2, 0.25) is 11.8 Å². The minimum atomic E-state index is -0.725. The third-order valence-corrected chi connectivity index (χ3v) is 5.10. The van der Waals surface area contributed by atoms with Crippen LogP contribution < -0.4 is 21.3 Å². The summed E-state index contributed by atoms with van der Waals surface area (Å²) in [6.07, 6.45) is 6.35. The van der Waals surface area contributed by atoms with Crippen molar-refractivity contribution in [3.8, 4) is 0 Å². The van der Waals surface area contributed by atoms with Gasteiger partial charge >= 0.3 is 6.09 Å². The van der Waals surface area contributed by atoms with E-state index in [-0.39, 0.29) is 30.5 Å². The zero-order chi connectivity index (χ0) is 25.0. The maximum absolute atomic E-state index is 12.4. The molecule has 4 N–H and O–H groups in total. The molecule has 1 fully saturated rings. The zero-order valence-electron chi connectivity index (χ0n) is 20.4. The summed E-state index contributed by atoms with van der Waals surface area (Å²) in [6.45, 7) is 6.89.